The Hall–Kier alpha value is -1.13. The number of nitrogens with zero attached hydrogens (tertiary/aromatic N) is 1. The second-order valence-corrected chi connectivity index (χ2v) is 4.64. The van der Waals surface area contributed by atoms with Gasteiger partial charge in [0, 0.05) is 31.1 Å². The average molecular weight is 250 g/mol. The van der Waals surface area contributed by atoms with Crippen molar-refractivity contribution in [2.75, 3.05) is 19.8 Å². The number of ether oxygens (including phenoxy) is 2. The fraction of sp³-hybridized carbons (Fsp3) is 0.643. The number of hydrogen-bond acceptors (Lipinski definition) is 4. The Kier molecular flexibility index (Phi) is 4.96. The van der Waals surface area contributed by atoms with Gasteiger partial charge in [0.1, 0.15) is 6.10 Å². The Balaban J connectivity index is 1.90. The largest absolute Gasteiger partial charge is 0.474 e. The summed E-state index contributed by atoms with van der Waals surface area (Å²) in [6.07, 6.45) is 4.06. The standard InChI is InChI=1S/C14H22N2O2/c1-3-15-11(2)12-4-5-14(16-10-12)18-13-6-8-17-9-7-13/h4-5,10-11,13,15H,3,6-9H2,1-2H3. The molecule has 0 bridgehead atoms. The van der Waals surface area contributed by atoms with E-state index in [9.17, 15) is 0 Å². The average Bonchev–Trinajstić information content (AvgIpc) is 2.41. The number of nitrogens with one attached hydrogen (secondary N) is 1. The summed E-state index contributed by atoms with van der Waals surface area (Å²) < 4.78 is 11.1. The summed E-state index contributed by atoms with van der Waals surface area (Å²) >= 11 is 0. The molecule has 1 atom stereocenters. The summed E-state index contributed by atoms with van der Waals surface area (Å²) in [6, 6.07) is 4.37. The third-order valence-corrected chi connectivity index (χ3v) is 3.23. The van der Waals surface area contributed by atoms with Gasteiger partial charge in [-0.2, -0.15) is 0 Å². The maximum absolute atomic E-state index is 5.84. The number of hydrogen-bond donors (Lipinski definition) is 1. The van der Waals surface area contributed by atoms with E-state index in [1.54, 1.807) is 0 Å². The van der Waals surface area contributed by atoms with Gasteiger partial charge < -0.3 is 14.8 Å². The first-order valence-electron chi connectivity index (χ1n) is 6.73. The van der Waals surface area contributed by atoms with Crippen LogP contribution >= 0.6 is 0 Å². The van der Waals surface area contributed by atoms with Crippen LogP contribution in [-0.4, -0.2) is 30.8 Å². The normalized spacial score (nSPS) is 18.6. The van der Waals surface area contributed by atoms with Crippen LogP contribution in [0.5, 0.6) is 5.88 Å². The molecule has 1 aromatic heterocycles. The van der Waals surface area contributed by atoms with Gasteiger partial charge in [0.25, 0.3) is 0 Å². The van der Waals surface area contributed by atoms with Gasteiger partial charge in [-0.25, -0.2) is 4.98 Å². The van der Waals surface area contributed by atoms with E-state index in [1.807, 2.05) is 12.3 Å². The van der Waals surface area contributed by atoms with Crippen molar-refractivity contribution >= 4 is 0 Å². The zero-order valence-electron chi connectivity index (χ0n) is 11.2. The lowest BCUT2D eigenvalue weighted by Crippen LogP contribution is -2.26. The summed E-state index contributed by atoms with van der Waals surface area (Å²) in [5.74, 6) is 0.717. The predicted octanol–water partition coefficient (Wildman–Crippen LogP) is 2.31. The van der Waals surface area contributed by atoms with Crippen molar-refractivity contribution < 1.29 is 9.47 Å². The van der Waals surface area contributed by atoms with E-state index in [4.69, 9.17) is 9.47 Å². The van der Waals surface area contributed by atoms with Crippen LogP contribution in [0, 0.1) is 0 Å². The molecule has 1 saturated heterocycles. The highest BCUT2D eigenvalue weighted by Crippen LogP contribution is 2.18. The van der Waals surface area contributed by atoms with Crippen LogP contribution < -0.4 is 10.1 Å². The van der Waals surface area contributed by atoms with Crippen LogP contribution in [0.2, 0.25) is 0 Å². The van der Waals surface area contributed by atoms with E-state index in [0.29, 0.717) is 11.9 Å². The first kappa shape index (κ1) is 13.3. The third kappa shape index (κ3) is 3.68. The molecule has 1 fully saturated rings. The molecule has 1 unspecified atom stereocenters. The second-order valence-electron chi connectivity index (χ2n) is 4.64. The fourth-order valence-electron chi connectivity index (χ4n) is 2.11. The molecule has 1 aliphatic rings. The highest BCUT2D eigenvalue weighted by atomic mass is 16.5. The number of aromatic nitrogens is 1. The minimum atomic E-state index is 0.253. The fourth-order valence-corrected chi connectivity index (χ4v) is 2.11. The second kappa shape index (κ2) is 6.71. The van der Waals surface area contributed by atoms with Crippen LogP contribution in [0.3, 0.4) is 0 Å². The maximum atomic E-state index is 5.84. The molecule has 1 aromatic rings. The Bertz CT molecular complexity index is 347. The summed E-state index contributed by atoms with van der Waals surface area (Å²) in [5, 5.41) is 3.37. The van der Waals surface area contributed by atoms with Crippen LogP contribution in [-0.2, 0) is 4.74 Å². The van der Waals surface area contributed by atoms with Crippen molar-refractivity contribution in [2.24, 2.45) is 0 Å². The van der Waals surface area contributed by atoms with Crippen molar-refractivity contribution in [3.8, 4) is 5.88 Å². The van der Waals surface area contributed by atoms with Crippen LogP contribution in [0.15, 0.2) is 18.3 Å². The molecular weight excluding hydrogens is 228 g/mol. The molecule has 2 rings (SSSR count). The van der Waals surface area contributed by atoms with Crippen LogP contribution in [0.1, 0.15) is 38.3 Å². The van der Waals surface area contributed by atoms with E-state index >= 15 is 0 Å². The number of pyridine rings is 1. The monoisotopic (exact) mass is 250 g/mol. The summed E-state index contributed by atoms with van der Waals surface area (Å²) in [4.78, 5) is 4.37. The molecule has 0 saturated carbocycles. The van der Waals surface area contributed by atoms with E-state index in [1.165, 1.54) is 5.56 Å². The van der Waals surface area contributed by atoms with E-state index < -0.39 is 0 Å². The molecule has 0 amide bonds. The zero-order valence-corrected chi connectivity index (χ0v) is 11.2. The SMILES string of the molecule is CCNC(C)c1ccc(OC2CCOCC2)nc1. The van der Waals surface area contributed by atoms with Gasteiger partial charge in [0.2, 0.25) is 5.88 Å². The summed E-state index contributed by atoms with van der Waals surface area (Å²) in [7, 11) is 0. The molecule has 0 aliphatic carbocycles. The minimum absolute atomic E-state index is 0.253. The molecule has 2 heterocycles. The van der Waals surface area contributed by atoms with Gasteiger partial charge in [0.05, 0.1) is 13.2 Å². The van der Waals surface area contributed by atoms with Gasteiger partial charge in [-0.1, -0.05) is 13.0 Å². The lowest BCUT2D eigenvalue weighted by molar-refractivity contribution is 0.0237. The number of rotatable bonds is 5. The molecule has 0 radical (unpaired) electrons. The smallest absolute Gasteiger partial charge is 0.213 e. The van der Waals surface area contributed by atoms with Gasteiger partial charge in [-0.3, -0.25) is 0 Å². The van der Waals surface area contributed by atoms with E-state index in [0.717, 1.165) is 32.6 Å². The zero-order chi connectivity index (χ0) is 12.8. The highest BCUT2D eigenvalue weighted by Gasteiger charge is 2.15. The van der Waals surface area contributed by atoms with Gasteiger partial charge >= 0.3 is 0 Å². The molecule has 1 N–H and O–H groups in total. The van der Waals surface area contributed by atoms with Crippen LogP contribution in [0.25, 0.3) is 0 Å². The van der Waals surface area contributed by atoms with Gasteiger partial charge in [-0.15, -0.1) is 0 Å². The summed E-state index contributed by atoms with van der Waals surface area (Å²) in [5.41, 5.74) is 1.19. The maximum Gasteiger partial charge on any atom is 0.213 e. The predicted molar refractivity (Wildman–Crippen MR) is 70.8 cm³/mol. The molecule has 0 spiro atoms. The minimum Gasteiger partial charge on any atom is -0.474 e. The molecule has 0 aromatic carbocycles. The molecule has 100 valence electrons. The molecule has 18 heavy (non-hydrogen) atoms. The van der Waals surface area contributed by atoms with Crippen molar-refractivity contribution in [3.63, 3.8) is 0 Å². The lowest BCUT2D eigenvalue weighted by atomic mass is 10.1. The molecular formula is C14H22N2O2. The quantitative estimate of drug-likeness (QED) is 0.871. The third-order valence-electron chi connectivity index (χ3n) is 3.23. The summed E-state index contributed by atoms with van der Waals surface area (Å²) in [6.45, 7) is 6.79. The van der Waals surface area contributed by atoms with E-state index in [2.05, 4.69) is 30.2 Å². The first-order chi connectivity index (χ1) is 8.79. The Morgan fingerprint density at radius 3 is 2.83 bits per heavy atom. The molecule has 4 heteroatoms. The topological polar surface area (TPSA) is 43.4 Å². The van der Waals surface area contributed by atoms with Crippen molar-refractivity contribution in [3.05, 3.63) is 23.9 Å². The first-order valence-corrected chi connectivity index (χ1v) is 6.73. The highest BCUT2D eigenvalue weighted by molar-refractivity contribution is 5.20. The Morgan fingerprint density at radius 1 is 1.44 bits per heavy atom. The van der Waals surface area contributed by atoms with Gasteiger partial charge in [0.15, 0.2) is 0 Å². The van der Waals surface area contributed by atoms with E-state index in [-0.39, 0.29) is 6.10 Å². The molecule has 4 nitrogen and oxygen atoms in total. The van der Waals surface area contributed by atoms with Crippen molar-refractivity contribution in [1.82, 2.24) is 10.3 Å². The Morgan fingerprint density at radius 2 is 2.22 bits per heavy atom. The Labute approximate surface area is 109 Å². The van der Waals surface area contributed by atoms with Crippen molar-refractivity contribution in [1.29, 1.82) is 0 Å². The van der Waals surface area contributed by atoms with Crippen LogP contribution in [0.4, 0.5) is 0 Å². The van der Waals surface area contributed by atoms with Crippen molar-refractivity contribution in [2.45, 2.75) is 38.8 Å². The molecule has 1 aliphatic heterocycles. The van der Waals surface area contributed by atoms with Gasteiger partial charge in [-0.05, 0) is 19.0 Å². The lowest BCUT2D eigenvalue weighted by Gasteiger charge is -2.22.